The first-order chi connectivity index (χ1) is 10.7. The molecule has 1 aromatic heterocycles. The predicted molar refractivity (Wildman–Crippen MR) is 79.9 cm³/mol. The Labute approximate surface area is 127 Å². The van der Waals surface area contributed by atoms with Crippen LogP contribution in [0.1, 0.15) is 11.1 Å². The number of furan rings is 1. The summed E-state index contributed by atoms with van der Waals surface area (Å²) in [4.78, 5) is 25.2. The summed E-state index contributed by atoms with van der Waals surface area (Å²) in [7, 11) is 0. The van der Waals surface area contributed by atoms with Crippen LogP contribution in [0.2, 0.25) is 0 Å². The fourth-order valence-electron chi connectivity index (χ4n) is 2.38. The number of benzene rings is 1. The molecule has 1 aromatic carbocycles. The van der Waals surface area contributed by atoms with E-state index in [2.05, 4.69) is 0 Å². The Hall–Kier alpha value is -2.82. The second-order valence-corrected chi connectivity index (χ2v) is 5.02. The molecule has 0 saturated carbocycles. The number of cyclic esters (lactones) is 1. The molecule has 1 saturated heterocycles. The molecule has 22 heavy (non-hydrogen) atoms. The number of ether oxygens (including phenoxy) is 1. The Morgan fingerprint density at radius 3 is 2.82 bits per heavy atom. The number of nitrogens with zero attached hydrogens (tertiary/aromatic N) is 1. The van der Waals surface area contributed by atoms with E-state index < -0.39 is 6.09 Å². The molecule has 1 fully saturated rings. The molecule has 2 aromatic rings. The van der Waals surface area contributed by atoms with Gasteiger partial charge >= 0.3 is 6.09 Å². The fourth-order valence-corrected chi connectivity index (χ4v) is 2.38. The van der Waals surface area contributed by atoms with Crippen LogP contribution < -0.4 is 0 Å². The maximum absolute atomic E-state index is 12.3. The quantitative estimate of drug-likeness (QED) is 0.814. The van der Waals surface area contributed by atoms with E-state index in [1.54, 1.807) is 12.1 Å². The minimum Gasteiger partial charge on any atom is -0.472 e. The Morgan fingerprint density at radius 1 is 1.27 bits per heavy atom. The highest BCUT2D eigenvalue weighted by atomic mass is 16.6. The Bertz CT molecular complexity index is 676. The average molecular weight is 297 g/mol. The van der Waals surface area contributed by atoms with E-state index in [4.69, 9.17) is 9.15 Å². The van der Waals surface area contributed by atoms with Crippen molar-refractivity contribution in [2.45, 2.75) is 12.5 Å². The van der Waals surface area contributed by atoms with Crippen molar-refractivity contribution >= 4 is 18.1 Å². The van der Waals surface area contributed by atoms with Crippen molar-refractivity contribution in [2.24, 2.45) is 0 Å². The van der Waals surface area contributed by atoms with Crippen LogP contribution >= 0.6 is 0 Å². The predicted octanol–water partition coefficient (Wildman–Crippen LogP) is 2.88. The minimum atomic E-state index is -0.595. The highest BCUT2D eigenvalue weighted by molar-refractivity contribution is 6.02. The van der Waals surface area contributed by atoms with E-state index in [0.717, 1.165) is 11.1 Å². The molecule has 0 unspecified atom stereocenters. The van der Waals surface area contributed by atoms with Crippen LogP contribution in [-0.2, 0) is 16.0 Å². The minimum absolute atomic E-state index is 0.221. The molecule has 0 bridgehead atoms. The van der Waals surface area contributed by atoms with E-state index in [9.17, 15) is 9.59 Å². The van der Waals surface area contributed by atoms with Gasteiger partial charge in [0, 0.05) is 11.6 Å². The van der Waals surface area contributed by atoms with Gasteiger partial charge in [-0.25, -0.2) is 9.69 Å². The first kappa shape index (κ1) is 14.1. The van der Waals surface area contributed by atoms with Crippen LogP contribution in [0, 0.1) is 0 Å². The molecule has 112 valence electrons. The molecule has 5 heteroatoms. The smallest absolute Gasteiger partial charge is 0.417 e. The molecule has 0 aliphatic carbocycles. The van der Waals surface area contributed by atoms with Crippen molar-refractivity contribution in [3.8, 4) is 0 Å². The van der Waals surface area contributed by atoms with Crippen molar-refractivity contribution in [1.82, 2.24) is 4.90 Å². The standard InChI is InChI=1S/C17H15NO4/c19-16(7-6-14-8-9-21-11-14)18-15(12-22-17(18)20)10-13-4-2-1-3-5-13/h1-9,11,15H,10,12H2/b7-6+/t15-/m0/s1. The van der Waals surface area contributed by atoms with Crippen LogP contribution in [0.5, 0.6) is 0 Å². The summed E-state index contributed by atoms with van der Waals surface area (Å²) < 4.78 is 9.95. The zero-order valence-electron chi connectivity index (χ0n) is 11.8. The fraction of sp³-hybridized carbons (Fsp3) is 0.176. The number of carbonyl (C=O) groups is 2. The van der Waals surface area contributed by atoms with Crippen LogP contribution in [0.25, 0.3) is 6.08 Å². The first-order valence-electron chi connectivity index (χ1n) is 6.98. The van der Waals surface area contributed by atoms with Gasteiger partial charge in [-0.1, -0.05) is 30.3 Å². The van der Waals surface area contributed by atoms with Crippen LogP contribution in [0.15, 0.2) is 59.4 Å². The summed E-state index contributed by atoms with van der Waals surface area (Å²) in [6.45, 7) is 0.221. The molecular weight excluding hydrogens is 282 g/mol. The lowest BCUT2D eigenvalue weighted by molar-refractivity contribution is -0.124. The Balaban J connectivity index is 1.72. The normalized spacial score (nSPS) is 17.9. The zero-order valence-corrected chi connectivity index (χ0v) is 11.8. The maximum Gasteiger partial charge on any atom is 0.417 e. The molecular formula is C17H15NO4. The van der Waals surface area contributed by atoms with E-state index in [0.29, 0.717) is 6.42 Å². The molecule has 3 rings (SSSR count). The topological polar surface area (TPSA) is 59.8 Å². The second-order valence-electron chi connectivity index (χ2n) is 5.02. The third-order valence-corrected chi connectivity index (χ3v) is 3.47. The number of rotatable bonds is 4. The largest absolute Gasteiger partial charge is 0.472 e. The van der Waals surface area contributed by atoms with E-state index in [-0.39, 0.29) is 18.6 Å². The summed E-state index contributed by atoms with van der Waals surface area (Å²) in [5.41, 5.74) is 1.82. The monoisotopic (exact) mass is 297 g/mol. The van der Waals surface area contributed by atoms with E-state index in [1.807, 2.05) is 30.3 Å². The van der Waals surface area contributed by atoms with Gasteiger partial charge in [0.2, 0.25) is 0 Å². The molecule has 0 radical (unpaired) electrons. The van der Waals surface area contributed by atoms with Crippen LogP contribution in [-0.4, -0.2) is 29.5 Å². The lowest BCUT2D eigenvalue weighted by atomic mass is 10.1. The summed E-state index contributed by atoms with van der Waals surface area (Å²) in [5, 5.41) is 0. The van der Waals surface area contributed by atoms with Gasteiger partial charge in [0.1, 0.15) is 6.61 Å². The van der Waals surface area contributed by atoms with Crippen molar-refractivity contribution in [3.63, 3.8) is 0 Å². The highest BCUT2D eigenvalue weighted by Crippen LogP contribution is 2.18. The molecule has 1 aliphatic heterocycles. The van der Waals surface area contributed by atoms with Gasteiger partial charge in [0.15, 0.2) is 0 Å². The van der Waals surface area contributed by atoms with Crippen molar-refractivity contribution < 1.29 is 18.7 Å². The molecule has 2 amide bonds. The summed E-state index contributed by atoms with van der Waals surface area (Å²) >= 11 is 0. The highest BCUT2D eigenvalue weighted by Gasteiger charge is 2.36. The number of amides is 2. The van der Waals surface area contributed by atoms with Crippen LogP contribution in [0.4, 0.5) is 4.79 Å². The van der Waals surface area contributed by atoms with E-state index >= 15 is 0 Å². The Morgan fingerprint density at radius 2 is 2.09 bits per heavy atom. The van der Waals surface area contributed by atoms with Gasteiger partial charge in [-0.15, -0.1) is 0 Å². The third-order valence-electron chi connectivity index (χ3n) is 3.47. The van der Waals surface area contributed by atoms with Crippen molar-refractivity contribution in [3.05, 3.63) is 66.1 Å². The molecule has 0 N–H and O–H groups in total. The SMILES string of the molecule is O=C(/C=C/c1ccoc1)N1C(=O)OC[C@@H]1Cc1ccccc1. The molecule has 0 spiro atoms. The molecule has 1 atom stereocenters. The molecule has 2 heterocycles. The second kappa shape index (κ2) is 6.30. The molecule has 1 aliphatic rings. The van der Waals surface area contributed by atoms with Gasteiger partial charge in [-0.05, 0) is 24.1 Å². The van der Waals surface area contributed by atoms with Crippen molar-refractivity contribution in [2.75, 3.05) is 6.61 Å². The van der Waals surface area contributed by atoms with Crippen LogP contribution in [0.3, 0.4) is 0 Å². The van der Waals surface area contributed by atoms with Gasteiger partial charge < -0.3 is 9.15 Å². The lowest BCUT2D eigenvalue weighted by Gasteiger charge is -2.17. The number of carbonyl (C=O) groups excluding carboxylic acids is 2. The van der Waals surface area contributed by atoms with Gasteiger partial charge in [0.05, 0.1) is 18.6 Å². The average Bonchev–Trinajstić information content (AvgIpc) is 3.16. The summed E-state index contributed by atoms with van der Waals surface area (Å²) in [6.07, 6.45) is 5.99. The maximum atomic E-state index is 12.3. The summed E-state index contributed by atoms with van der Waals surface area (Å²) in [6, 6.07) is 11.2. The first-order valence-corrected chi connectivity index (χ1v) is 6.98. The number of hydrogen-bond acceptors (Lipinski definition) is 4. The van der Waals surface area contributed by atoms with Gasteiger partial charge in [-0.3, -0.25) is 4.79 Å². The molecule has 5 nitrogen and oxygen atoms in total. The Kier molecular flexibility index (Phi) is 4.05. The number of hydrogen-bond donors (Lipinski definition) is 0. The number of imide groups is 1. The third kappa shape index (κ3) is 3.09. The summed E-state index contributed by atoms with van der Waals surface area (Å²) in [5.74, 6) is -0.385. The zero-order chi connectivity index (χ0) is 15.4. The van der Waals surface area contributed by atoms with E-state index in [1.165, 1.54) is 23.5 Å². The lowest BCUT2D eigenvalue weighted by Crippen LogP contribution is -2.39. The van der Waals surface area contributed by atoms with Gasteiger partial charge in [0.25, 0.3) is 5.91 Å². The van der Waals surface area contributed by atoms with Gasteiger partial charge in [-0.2, -0.15) is 0 Å². The van der Waals surface area contributed by atoms with Crippen molar-refractivity contribution in [1.29, 1.82) is 0 Å².